The average Bonchev–Trinajstić information content (AvgIpc) is 2.52. The van der Waals surface area contributed by atoms with E-state index in [1.165, 1.54) is 6.42 Å². The summed E-state index contributed by atoms with van der Waals surface area (Å²) >= 11 is 0. The van der Waals surface area contributed by atoms with Gasteiger partial charge in [0.15, 0.2) is 0 Å². The van der Waals surface area contributed by atoms with Crippen LogP contribution in [-0.2, 0) is 11.3 Å². The molecule has 0 bridgehead atoms. The third kappa shape index (κ3) is 4.02. The van der Waals surface area contributed by atoms with Gasteiger partial charge in [0, 0.05) is 44.2 Å². The molecule has 1 spiro atoms. The van der Waals surface area contributed by atoms with Gasteiger partial charge in [0.2, 0.25) is 0 Å². The number of piperidine rings is 1. The number of aryl methyl sites for hydroxylation is 2. The average molecular weight is 317 g/mol. The maximum atomic E-state index is 12.5. The molecule has 1 aromatic rings. The van der Waals surface area contributed by atoms with Crippen molar-refractivity contribution in [2.45, 2.75) is 46.1 Å². The number of hydrogen-bond donors (Lipinski definition) is 1. The second-order valence-corrected chi connectivity index (χ2v) is 7.05. The normalized spacial score (nSPS) is 20.5. The van der Waals surface area contributed by atoms with Crippen molar-refractivity contribution < 1.29 is 9.53 Å². The van der Waals surface area contributed by atoms with E-state index in [-0.39, 0.29) is 11.4 Å². The van der Waals surface area contributed by atoms with Gasteiger partial charge >= 0.3 is 6.03 Å². The second kappa shape index (κ2) is 6.87. The van der Waals surface area contributed by atoms with Crippen LogP contribution in [0.5, 0.6) is 0 Å². The summed E-state index contributed by atoms with van der Waals surface area (Å²) in [6.45, 7) is 7.95. The number of ether oxygens (including phenoxy) is 1. The molecule has 2 aliphatic heterocycles. The van der Waals surface area contributed by atoms with Crippen LogP contribution in [0.2, 0.25) is 0 Å². The van der Waals surface area contributed by atoms with E-state index in [9.17, 15) is 4.79 Å². The van der Waals surface area contributed by atoms with Crippen LogP contribution in [0.4, 0.5) is 4.79 Å². The molecule has 0 aliphatic carbocycles. The Labute approximate surface area is 138 Å². The van der Waals surface area contributed by atoms with E-state index in [2.05, 4.69) is 10.3 Å². The van der Waals surface area contributed by atoms with Crippen molar-refractivity contribution in [1.82, 2.24) is 15.2 Å². The zero-order valence-electron chi connectivity index (χ0n) is 14.2. The number of nitrogens with one attached hydrogen (secondary N) is 1. The summed E-state index contributed by atoms with van der Waals surface area (Å²) < 4.78 is 5.50. The lowest BCUT2D eigenvalue weighted by atomic mass is 9.74. The van der Waals surface area contributed by atoms with Crippen molar-refractivity contribution in [3.63, 3.8) is 0 Å². The summed E-state index contributed by atoms with van der Waals surface area (Å²) in [5.74, 6) is 0. The van der Waals surface area contributed by atoms with Crippen molar-refractivity contribution >= 4 is 6.03 Å². The fourth-order valence-electron chi connectivity index (χ4n) is 3.91. The number of likely N-dealkylation sites (tertiary alicyclic amines) is 1. The molecule has 0 aromatic carbocycles. The predicted octanol–water partition coefficient (Wildman–Crippen LogP) is 2.80. The van der Waals surface area contributed by atoms with Gasteiger partial charge in [-0.3, -0.25) is 4.98 Å². The van der Waals surface area contributed by atoms with E-state index in [1.54, 1.807) is 0 Å². The fraction of sp³-hybridized carbons (Fsp3) is 0.667. The fourth-order valence-corrected chi connectivity index (χ4v) is 3.91. The first kappa shape index (κ1) is 16.2. The van der Waals surface area contributed by atoms with Crippen LogP contribution in [0.15, 0.2) is 12.1 Å². The Bertz CT molecular complexity index is 542. The Morgan fingerprint density at radius 2 is 1.96 bits per heavy atom. The molecule has 3 heterocycles. The third-order valence-electron chi connectivity index (χ3n) is 5.09. The summed E-state index contributed by atoms with van der Waals surface area (Å²) in [5, 5.41) is 3.07. The molecule has 0 atom stereocenters. The monoisotopic (exact) mass is 317 g/mol. The number of carbonyl (C=O) groups excluding carboxylic acids is 1. The molecule has 3 rings (SSSR count). The SMILES string of the molecule is Cc1cc(CNC(=O)N2CCCC3(CCOCC3)C2)cc(C)n1. The Hall–Kier alpha value is -1.62. The van der Waals surface area contributed by atoms with Gasteiger partial charge < -0.3 is 15.0 Å². The molecular weight excluding hydrogens is 290 g/mol. The summed E-state index contributed by atoms with van der Waals surface area (Å²) in [4.78, 5) is 18.9. The molecule has 0 radical (unpaired) electrons. The van der Waals surface area contributed by atoms with Crippen LogP contribution >= 0.6 is 0 Å². The van der Waals surface area contributed by atoms with Crippen LogP contribution < -0.4 is 5.32 Å². The number of nitrogens with zero attached hydrogens (tertiary/aromatic N) is 2. The molecule has 0 saturated carbocycles. The number of carbonyl (C=O) groups is 1. The molecular formula is C18H27N3O2. The van der Waals surface area contributed by atoms with Crippen LogP contribution in [0.3, 0.4) is 0 Å². The molecule has 0 unspecified atom stereocenters. The van der Waals surface area contributed by atoms with Crippen LogP contribution in [0, 0.1) is 19.3 Å². The van der Waals surface area contributed by atoms with Gasteiger partial charge in [-0.1, -0.05) is 0 Å². The summed E-state index contributed by atoms with van der Waals surface area (Å²) in [6, 6.07) is 4.12. The van der Waals surface area contributed by atoms with Crippen molar-refractivity contribution in [1.29, 1.82) is 0 Å². The van der Waals surface area contributed by atoms with Gasteiger partial charge in [-0.15, -0.1) is 0 Å². The number of rotatable bonds is 2. The lowest BCUT2D eigenvalue weighted by molar-refractivity contribution is -0.0186. The first-order valence-corrected chi connectivity index (χ1v) is 8.61. The topological polar surface area (TPSA) is 54.5 Å². The highest BCUT2D eigenvalue weighted by atomic mass is 16.5. The maximum Gasteiger partial charge on any atom is 0.317 e. The molecule has 1 N–H and O–H groups in total. The highest BCUT2D eigenvalue weighted by molar-refractivity contribution is 5.74. The van der Waals surface area contributed by atoms with Gasteiger partial charge in [0.1, 0.15) is 0 Å². The summed E-state index contributed by atoms with van der Waals surface area (Å²) in [5.41, 5.74) is 3.39. The molecule has 5 nitrogen and oxygen atoms in total. The van der Waals surface area contributed by atoms with E-state index in [1.807, 2.05) is 30.9 Å². The molecule has 126 valence electrons. The maximum absolute atomic E-state index is 12.5. The van der Waals surface area contributed by atoms with E-state index in [0.29, 0.717) is 6.54 Å². The summed E-state index contributed by atoms with van der Waals surface area (Å²) in [7, 11) is 0. The van der Waals surface area contributed by atoms with E-state index >= 15 is 0 Å². The minimum Gasteiger partial charge on any atom is -0.381 e. The van der Waals surface area contributed by atoms with E-state index in [0.717, 1.165) is 62.5 Å². The Morgan fingerprint density at radius 3 is 2.65 bits per heavy atom. The van der Waals surface area contributed by atoms with Crippen molar-refractivity contribution in [2.24, 2.45) is 5.41 Å². The highest BCUT2D eigenvalue weighted by Gasteiger charge is 2.38. The van der Waals surface area contributed by atoms with Gasteiger partial charge in [-0.05, 0) is 62.6 Å². The van der Waals surface area contributed by atoms with Crippen molar-refractivity contribution in [3.05, 3.63) is 29.1 Å². The van der Waals surface area contributed by atoms with Gasteiger partial charge in [-0.25, -0.2) is 4.79 Å². The second-order valence-electron chi connectivity index (χ2n) is 7.05. The van der Waals surface area contributed by atoms with E-state index in [4.69, 9.17) is 4.74 Å². The zero-order chi connectivity index (χ0) is 16.3. The Kier molecular flexibility index (Phi) is 4.85. The van der Waals surface area contributed by atoms with Crippen molar-refractivity contribution in [2.75, 3.05) is 26.3 Å². The van der Waals surface area contributed by atoms with Gasteiger partial charge in [0.05, 0.1) is 0 Å². The Morgan fingerprint density at radius 1 is 1.26 bits per heavy atom. The first-order valence-electron chi connectivity index (χ1n) is 8.61. The lowest BCUT2D eigenvalue weighted by Crippen LogP contribution is -2.51. The molecule has 2 amide bonds. The number of urea groups is 1. The first-order chi connectivity index (χ1) is 11.1. The standard InChI is InChI=1S/C18H27N3O2/c1-14-10-16(11-15(2)20-14)12-19-17(22)21-7-3-4-18(13-21)5-8-23-9-6-18/h10-11H,3-9,12-13H2,1-2H3,(H,19,22). The molecule has 1 aromatic heterocycles. The van der Waals surface area contributed by atoms with Gasteiger partial charge in [0.25, 0.3) is 0 Å². The largest absolute Gasteiger partial charge is 0.381 e. The quantitative estimate of drug-likeness (QED) is 0.912. The minimum atomic E-state index is 0.0580. The summed E-state index contributed by atoms with van der Waals surface area (Å²) in [6.07, 6.45) is 4.49. The molecule has 2 saturated heterocycles. The highest BCUT2D eigenvalue weighted by Crippen LogP contribution is 2.39. The Balaban J connectivity index is 1.57. The van der Waals surface area contributed by atoms with E-state index < -0.39 is 0 Å². The zero-order valence-corrected chi connectivity index (χ0v) is 14.2. The molecule has 5 heteroatoms. The molecule has 2 aliphatic rings. The number of aromatic nitrogens is 1. The van der Waals surface area contributed by atoms with Crippen LogP contribution in [0.1, 0.15) is 42.6 Å². The van der Waals surface area contributed by atoms with Crippen LogP contribution in [0.25, 0.3) is 0 Å². The molecule has 23 heavy (non-hydrogen) atoms. The minimum absolute atomic E-state index is 0.0580. The smallest absolute Gasteiger partial charge is 0.317 e. The molecule has 2 fully saturated rings. The number of hydrogen-bond acceptors (Lipinski definition) is 3. The predicted molar refractivity (Wildman–Crippen MR) is 89.2 cm³/mol. The third-order valence-corrected chi connectivity index (χ3v) is 5.09. The number of pyridine rings is 1. The van der Waals surface area contributed by atoms with Gasteiger partial charge in [-0.2, -0.15) is 0 Å². The lowest BCUT2D eigenvalue weighted by Gasteiger charge is -2.45. The van der Waals surface area contributed by atoms with Crippen LogP contribution in [-0.4, -0.2) is 42.2 Å². The van der Waals surface area contributed by atoms with Crippen molar-refractivity contribution in [3.8, 4) is 0 Å². The number of amides is 2.